The molecular weight excluding hydrogens is 436 g/mol. The predicted octanol–water partition coefficient (Wildman–Crippen LogP) is -2.87. The molecule has 0 radical (unpaired) electrons. The van der Waals surface area contributed by atoms with Gasteiger partial charge in [-0.1, -0.05) is 6.42 Å². The Balaban J connectivity index is 2.93. The van der Waals surface area contributed by atoms with Crippen LogP contribution in [0.4, 0.5) is 0 Å². The molecule has 1 saturated heterocycles. The van der Waals surface area contributed by atoms with Gasteiger partial charge in [0, 0.05) is 13.0 Å². The van der Waals surface area contributed by atoms with Crippen LogP contribution >= 0.6 is 0 Å². The number of carbonyl (C=O) groups is 5. The number of unbranched alkanes of at least 4 members (excludes halogenated alkanes) is 1. The van der Waals surface area contributed by atoms with Gasteiger partial charge in [0.1, 0.15) is 18.1 Å². The van der Waals surface area contributed by atoms with Crippen LogP contribution < -0.4 is 27.8 Å². The van der Waals surface area contributed by atoms with E-state index in [0.717, 1.165) is 4.90 Å². The van der Waals surface area contributed by atoms with Crippen molar-refractivity contribution in [2.75, 3.05) is 13.1 Å². The Kier molecular flexibility index (Phi) is 11.7. The van der Waals surface area contributed by atoms with E-state index >= 15 is 0 Å². The van der Waals surface area contributed by atoms with Crippen LogP contribution in [-0.4, -0.2) is 88.1 Å². The van der Waals surface area contributed by atoms with Crippen LogP contribution in [0.3, 0.4) is 0 Å². The molecule has 0 bridgehead atoms. The average molecular weight is 473 g/mol. The van der Waals surface area contributed by atoms with Gasteiger partial charge in [-0.2, -0.15) is 0 Å². The summed E-state index contributed by atoms with van der Waals surface area (Å²) >= 11 is 0. The molecule has 0 saturated carbocycles. The maximum Gasteiger partial charge on any atom is 0.326 e. The van der Waals surface area contributed by atoms with Gasteiger partial charge >= 0.3 is 5.97 Å². The largest absolute Gasteiger partial charge is 0.480 e. The maximum absolute atomic E-state index is 13.0. The van der Waals surface area contributed by atoms with Crippen molar-refractivity contribution in [2.45, 2.75) is 82.1 Å². The number of hydrogen-bond donors (Lipinski definition) is 7. The summed E-state index contributed by atoms with van der Waals surface area (Å²) in [5, 5.41) is 24.2. The van der Waals surface area contributed by atoms with Crippen LogP contribution in [0, 0.1) is 0 Å². The normalized spacial score (nSPS) is 19.3. The lowest BCUT2D eigenvalue weighted by molar-refractivity contribution is -0.149. The highest BCUT2D eigenvalue weighted by molar-refractivity contribution is 5.94. The summed E-state index contributed by atoms with van der Waals surface area (Å²) in [6.45, 7) is 1.92. The molecule has 1 fully saturated rings. The first-order chi connectivity index (χ1) is 15.5. The minimum atomic E-state index is -1.42. The molecule has 5 atom stereocenters. The minimum absolute atomic E-state index is 0.165. The first-order valence-corrected chi connectivity index (χ1v) is 11.1. The van der Waals surface area contributed by atoms with E-state index in [4.69, 9.17) is 17.2 Å². The highest BCUT2D eigenvalue weighted by Crippen LogP contribution is 2.19. The molecule has 0 aromatic rings. The van der Waals surface area contributed by atoms with E-state index in [1.807, 2.05) is 0 Å². The molecule has 1 aliphatic heterocycles. The Morgan fingerprint density at radius 1 is 1.09 bits per heavy atom. The van der Waals surface area contributed by atoms with Crippen LogP contribution in [0.1, 0.15) is 51.9 Å². The highest BCUT2D eigenvalue weighted by Gasteiger charge is 2.39. The fourth-order valence-corrected chi connectivity index (χ4v) is 3.60. The van der Waals surface area contributed by atoms with Gasteiger partial charge in [-0.15, -0.1) is 0 Å². The topological polar surface area (TPSA) is 231 Å². The average Bonchev–Trinajstić information content (AvgIpc) is 3.24. The second-order valence-electron chi connectivity index (χ2n) is 8.21. The lowest BCUT2D eigenvalue weighted by Gasteiger charge is -2.29. The lowest BCUT2D eigenvalue weighted by atomic mass is 10.1. The quantitative estimate of drug-likeness (QED) is 0.129. The van der Waals surface area contributed by atoms with E-state index in [1.54, 1.807) is 0 Å². The number of primary amides is 1. The molecule has 0 spiro atoms. The lowest BCUT2D eigenvalue weighted by Crippen LogP contribution is -2.59. The summed E-state index contributed by atoms with van der Waals surface area (Å²) in [5.74, 6) is -4.08. The fourth-order valence-electron chi connectivity index (χ4n) is 3.60. The summed E-state index contributed by atoms with van der Waals surface area (Å²) in [6.07, 6.45) is 0.652. The zero-order valence-electron chi connectivity index (χ0n) is 18.9. The molecular formula is C20H36N6O7. The maximum atomic E-state index is 13.0. The number of aliphatic hydroxyl groups excluding tert-OH is 1. The molecule has 0 aromatic heterocycles. The zero-order chi connectivity index (χ0) is 25.1. The number of aliphatic hydroxyl groups is 1. The number of aliphatic carboxylic acids is 1. The van der Waals surface area contributed by atoms with E-state index in [2.05, 4.69) is 10.6 Å². The molecule has 0 aromatic carbocycles. The SMILES string of the molecule is CC(O)C(NC(=O)C(N)CCCCN)C(=O)NC(CCC(N)=O)C(=O)N1CCCC1C(=O)O. The van der Waals surface area contributed by atoms with Gasteiger partial charge in [0.25, 0.3) is 0 Å². The molecule has 4 amide bonds. The number of rotatable bonds is 14. The van der Waals surface area contributed by atoms with Crippen molar-refractivity contribution in [3.05, 3.63) is 0 Å². The van der Waals surface area contributed by atoms with Crippen LogP contribution in [0.2, 0.25) is 0 Å². The number of carboxylic acids is 1. The molecule has 33 heavy (non-hydrogen) atoms. The van der Waals surface area contributed by atoms with Crippen molar-refractivity contribution in [2.24, 2.45) is 17.2 Å². The molecule has 5 unspecified atom stereocenters. The number of carboxylic acid groups (broad SMARTS) is 1. The number of likely N-dealkylation sites (tertiary alicyclic amines) is 1. The van der Waals surface area contributed by atoms with Crippen LogP contribution in [0.25, 0.3) is 0 Å². The van der Waals surface area contributed by atoms with Crippen molar-refractivity contribution >= 4 is 29.6 Å². The van der Waals surface area contributed by atoms with Gasteiger partial charge in [0.15, 0.2) is 0 Å². The Labute approximate surface area is 192 Å². The third kappa shape index (κ3) is 8.94. The fraction of sp³-hybridized carbons (Fsp3) is 0.750. The van der Waals surface area contributed by atoms with Crippen LogP contribution in [0.15, 0.2) is 0 Å². The summed E-state index contributed by atoms with van der Waals surface area (Å²) in [7, 11) is 0. The second kappa shape index (κ2) is 13.7. The molecule has 1 aliphatic rings. The van der Waals surface area contributed by atoms with Gasteiger partial charge in [0.2, 0.25) is 23.6 Å². The van der Waals surface area contributed by atoms with Crippen molar-refractivity contribution in [3.8, 4) is 0 Å². The monoisotopic (exact) mass is 472 g/mol. The molecule has 188 valence electrons. The Morgan fingerprint density at radius 2 is 1.76 bits per heavy atom. The number of carbonyl (C=O) groups excluding carboxylic acids is 4. The molecule has 1 rings (SSSR count). The summed E-state index contributed by atoms with van der Waals surface area (Å²) < 4.78 is 0. The van der Waals surface area contributed by atoms with Gasteiger partial charge in [0.05, 0.1) is 12.1 Å². The standard InChI is InChI=1S/C20H36N6O7/c1-11(27)16(25-17(29)12(22)5-2-3-9-21)18(30)24-13(7-8-15(23)28)19(31)26-10-4-6-14(26)20(32)33/h11-14,16,27H,2-10,21-22H2,1H3,(H2,23,28)(H,24,30)(H,25,29)(H,32,33). The molecule has 0 aliphatic carbocycles. The van der Waals surface area contributed by atoms with Crippen molar-refractivity contribution in [3.63, 3.8) is 0 Å². The molecule has 13 nitrogen and oxygen atoms in total. The van der Waals surface area contributed by atoms with Gasteiger partial charge in [-0.3, -0.25) is 19.2 Å². The zero-order valence-corrected chi connectivity index (χ0v) is 18.9. The van der Waals surface area contributed by atoms with E-state index in [1.165, 1.54) is 6.92 Å². The number of amides is 4. The number of nitrogens with two attached hydrogens (primary N) is 3. The first-order valence-electron chi connectivity index (χ1n) is 11.1. The highest BCUT2D eigenvalue weighted by atomic mass is 16.4. The van der Waals surface area contributed by atoms with Crippen molar-refractivity contribution in [1.29, 1.82) is 0 Å². The molecule has 10 N–H and O–H groups in total. The van der Waals surface area contributed by atoms with Crippen molar-refractivity contribution < 1.29 is 34.2 Å². The molecule has 1 heterocycles. The van der Waals surface area contributed by atoms with Crippen LogP contribution in [0.5, 0.6) is 0 Å². The summed E-state index contributed by atoms with van der Waals surface area (Å²) in [6, 6.07) is -4.64. The number of nitrogens with zero attached hydrogens (tertiary/aromatic N) is 1. The molecule has 13 heteroatoms. The van der Waals surface area contributed by atoms with Gasteiger partial charge < -0.3 is 42.9 Å². The van der Waals surface area contributed by atoms with Gasteiger partial charge in [-0.25, -0.2) is 4.79 Å². The van der Waals surface area contributed by atoms with Crippen LogP contribution in [-0.2, 0) is 24.0 Å². The minimum Gasteiger partial charge on any atom is -0.480 e. The summed E-state index contributed by atoms with van der Waals surface area (Å²) in [4.78, 5) is 62.0. The smallest absolute Gasteiger partial charge is 0.326 e. The van der Waals surface area contributed by atoms with Crippen molar-refractivity contribution in [1.82, 2.24) is 15.5 Å². The first kappa shape index (κ1) is 28.3. The van der Waals surface area contributed by atoms with E-state index in [0.29, 0.717) is 32.2 Å². The predicted molar refractivity (Wildman–Crippen MR) is 117 cm³/mol. The second-order valence-corrected chi connectivity index (χ2v) is 8.21. The Bertz CT molecular complexity index is 717. The summed E-state index contributed by atoms with van der Waals surface area (Å²) in [5.41, 5.74) is 16.4. The number of hydrogen-bond acceptors (Lipinski definition) is 8. The van der Waals surface area contributed by atoms with E-state index in [-0.39, 0.29) is 25.8 Å². The van der Waals surface area contributed by atoms with Gasteiger partial charge in [-0.05, 0) is 45.6 Å². The Morgan fingerprint density at radius 3 is 2.30 bits per heavy atom. The Hall–Kier alpha value is -2.77. The van der Waals surface area contributed by atoms with E-state index in [9.17, 15) is 34.2 Å². The third-order valence-electron chi connectivity index (χ3n) is 5.48. The third-order valence-corrected chi connectivity index (χ3v) is 5.48. The van der Waals surface area contributed by atoms with E-state index < -0.39 is 59.9 Å². The number of nitrogens with one attached hydrogen (secondary N) is 2.